The molecular formula is C13H14BrFO2. The normalized spacial score (nSPS) is 18.8. The van der Waals surface area contributed by atoms with Gasteiger partial charge >= 0.3 is 5.97 Å². The second-order valence-corrected chi connectivity index (χ2v) is 5.76. The summed E-state index contributed by atoms with van der Waals surface area (Å²) >= 11 is 3.34. The van der Waals surface area contributed by atoms with Crippen LogP contribution in [0.3, 0.4) is 0 Å². The van der Waals surface area contributed by atoms with Crippen LogP contribution in [0.2, 0.25) is 0 Å². The molecule has 1 unspecified atom stereocenters. The third kappa shape index (κ3) is 2.51. The maximum Gasteiger partial charge on any atom is 0.309 e. The molecule has 2 rings (SSSR count). The van der Waals surface area contributed by atoms with E-state index in [0.717, 1.165) is 22.9 Å². The lowest BCUT2D eigenvalue weighted by atomic mass is 9.79. The minimum atomic E-state index is -0.795. The van der Waals surface area contributed by atoms with Gasteiger partial charge in [0.15, 0.2) is 0 Å². The molecule has 1 atom stereocenters. The van der Waals surface area contributed by atoms with Crippen molar-refractivity contribution >= 4 is 21.9 Å². The molecule has 0 bridgehead atoms. The number of aliphatic carboxylic acids is 1. The van der Waals surface area contributed by atoms with Gasteiger partial charge in [0, 0.05) is 4.47 Å². The van der Waals surface area contributed by atoms with E-state index in [2.05, 4.69) is 15.9 Å². The molecule has 0 aliphatic heterocycles. The highest BCUT2D eigenvalue weighted by Gasteiger charge is 2.47. The molecule has 4 heteroatoms. The van der Waals surface area contributed by atoms with E-state index in [-0.39, 0.29) is 11.7 Å². The van der Waals surface area contributed by atoms with Crippen molar-refractivity contribution in [3.05, 3.63) is 34.1 Å². The van der Waals surface area contributed by atoms with Crippen molar-refractivity contribution in [3.63, 3.8) is 0 Å². The van der Waals surface area contributed by atoms with E-state index in [0.29, 0.717) is 6.42 Å². The Morgan fingerprint density at radius 2 is 2.24 bits per heavy atom. The average molecular weight is 301 g/mol. The SMILES string of the molecule is CC(Cc1cc(F)ccc1Br)(C(=O)O)C1CC1. The third-order valence-corrected chi connectivity index (χ3v) is 4.31. The Morgan fingerprint density at radius 3 is 2.76 bits per heavy atom. The first-order chi connectivity index (χ1) is 7.93. The van der Waals surface area contributed by atoms with E-state index in [4.69, 9.17) is 0 Å². The monoisotopic (exact) mass is 300 g/mol. The summed E-state index contributed by atoms with van der Waals surface area (Å²) in [6.07, 6.45) is 2.27. The summed E-state index contributed by atoms with van der Waals surface area (Å²) in [5.74, 6) is -0.905. The van der Waals surface area contributed by atoms with Crippen molar-refractivity contribution in [2.75, 3.05) is 0 Å². The van der Waals surface area contributed by atoms with Crippen molar-refractivity contribution < 1.29 is 14.3 Å². The molecule has 1 aliphatic carbocycles. The molecule has 0 spiro atoms. The van der Waals surface area contributed by atoms with Gasteiger partial charge in [0.1, 0.15) is 5.82 Å². The van der Waals surface area contributed by atoms with Crippen LogP contribution < -0.4 is 0 Å². The average Bonchev–Trinajstić information content (AvgIpc) is 3.06. The number of rotatable bonds is 4. The third-order valence-electron chi connectivity index (χ3n) is 3.53. The second-order valence-electron chi connectivity index (χ2n) is 4.91. The number of carbonyl (C=O) groups is 1. The van der Waals surface area contributed by atoms with E-state index in [1.165, 1.54) is 12.1 Å². The van der Waals surface area contributed by atoms with Crippen LogP contribution in [0.25, 0.3) is 0 Å². The van der Waals surface area contributed by atoms with E-state index in [1.807, 2.05) is 0 Å². The lowest BCUT2D eigenvalue weighted by molar-refractivity contribution is -0.149. The zero-order chi connectivity index (χ0) is 12.6. The molecule has 0 saturated heterocycles. The van der Waals surface area contributed by atoms with Crippen LogP contribution >= 0.6 is 15.9 Å². The summed E-state index contributed by atoms with van der Waals surface area (Å²) in [5, 5.41) is 9.36. The maximum atomic E-state index is 13.2. The quantitative estimate of drug-likeness (QED) is 0.922. The standard InChI is InChI=1S/C13H14BrFO2/c1-13(12(16)17,9-2-3-9)7-8-6-10(15)4-5-11(8)14/h4-6,9H,2-3,7H2,1H3,(H,16,17). The Bertz CT molecular complexity index is 457. The van der Waals surface area contributed by atoms with Crippen LogP contribution in [-0.4, -0.2) is 11.1 Å². The van der Waals surface area contributed by atoms with Crippen molar-refractivity contribution in [1.82, 2.24) is 0 Å². The van der Waals surface area contributed by atoms with Crippen molar-refractivity contribution in [2.45, 2.75) is 26.2 Å². The highest BCUT2D eigenvalue weighted by atomic mass is 79.9. The number of hydrogen-bond donors (Lipinski definition) is 1. The van der Waals surface area contributed by atoms with Gasteiger partial charge in [0.05, 0.1) is 5.41 Å². The van der Waals surface area contributed by atoms with Gasteiger partial charge in [-0.15, -0.1) is 0 Å². The van der Waals surface area contributed by atoms with Crippen LogP contribution in [-0.2, 0) is 11.2 Å². The largest absolute Gasteiger partial charge is 0.481 e. The molecule has 1 N–H and O–H groups in total. The molecule has 0 amide bonds. The molecule has 92 valence electrons. The minimum Gasteiger partial charge on any atom is -0.481 e. The Balaban J connectivity index is 2.29. The number of hydrogen-bond acceptors (Lipinski definition) is 1. The van der Waals surface area contributed by atoms with Crippen LogP contribution in [0.5, 0.6) is 0 Å². The van der Waals surface area contributed by atoms with Gasteiger partial charge in [-0.05, 0) is 55.9 Å². The molecule has 2 nitrogen and oxygen atoms in total. The lowest BCUT2D eigenvalue weighted by Crippen LogP contribution is -2.32. The molecule has 0 radical (unpaired) electrons. The number of carboxylic acid groups (broad SMARTS) is 1. The van der Waals surface area contributed by atoms with Gasteiger partial charge in [-0.2, -0.15) is 0 Å². The minimum absolute atomic E-state index is 0.218. The first-order valence-corrected chi connectivity index (χ1v) is 6.40. The van der Waals surface area contributed by atoms with Gasteiger partial charge in [0.2, 0.25) is 0 Å². The molecular weight excluding hydrogens is 287 g/mol. The van der Waals surface area contributed by atoms with Gasteiger partial charge in [0.25, 0.3) is 0 Å². The number of benzene rings is 1. The highest BCUT2D eigenvalue weighted by molar-refractivity contribution is 9.10. The molecule has 1 fully saturated rings. The zero-order valence-electron chi connectivity index (χ0n) is 9.54. The Morgan fingerprint density at radius 1 is 1.59 bits per heavy atom. The summed E-state index contributed by atoms with van der Waals surface area (Å²) in [6.45, 7) is 1.75. The Kier molecular flexibility index (Phi) is 3.25. The summed E-state index contributed by atoms with van der Waals surface area (Å²) < 4.78 is 13.9. The molecule has 0 aromatic heterocycles. The summed E-state index contributed by atoms with van der Waals surface area (Å²) in [4.78, 5) is 11.4. The van der Waals surface area contributed by atoms with E-state index in [1.54, 1.807) is 13.0 Å². The van der Waals surface area contributed by atoms with Crippen molar-refractivity contribution in [2.24, 2.45) is 11.3 Å². The van der Waals surface area contributed by atoms with Crippen LogP contribution in [0, 0.1) is 17.2 Å². The fourth-order valence-corrected chi connectivity index (χ4v) is 2.58. The molecule has 1 aromatic rings. The summed E-state index contributed by atoms with van der Waals surface area (Å²) in [5.41, 5.74) is -0.0575. The maximum absolute atomic E-state index is 13.2. The molecule has 1 aliphatic rings. The van der Waals surface area contributed by atoms with Gasteiger partial charge < -0.3 is 5.11 Å². The topological polar surface area (TPSA) is 37.3 Å². The molecule has 17 heavy (non-hydrogen) atoms. The predicted octanol–water partition coefficient (Wildman–Crippen LogP) is 3.63. The van der Waals surface area contributed by atoms with E-state index in [9.17, 15) is 14.3 Å². The van der Waals surface area contributed by atoms with Crippen molar-refractivity contribution in [3.8, 4) is 0 Å². The van der Waals surface area contributed by atoms with Crippen LogP contribution in [0.1, 0.15) is 25.3 Å². The predicted molar refractivity (Wildman–Crippen MR) is 66.3 cm³/mol. The van der Waals surface area contributed by atoms with Crippen LogP contribution in [0.15, 0.2) is 22.7 Å². The highest BCUT2D eigenvalue weighted by Crippen LogP contribution is 2.48. The Labute approximate surface area is 108 Å². The molecule has 1 saturated carbocycles. The molecule has 1 aromatic carbocycles. The summed E-state index contributed by atoms with van der Waals surface area (Å²) in [6, 6.07) is 4.40. The second kappa shape index (κ2) is 4.41. The van der Waals surface area contributed by atoms with E-state index < -0.39 is 11.4 Å². The molecule has 0 heterocycles. The van der Waals surface area contributed by atoms with Crippen LogP contribution in [0.4, 0.5) is 4.39 Å². The first kappa shape index (κ1) is 12.6. The zero-order valence-corrected chi connectivity index (χ0v) is 11.1. The summed E-state index contributed by atoms with van der Waals surface area (Å²) in [7, 11) is 0. The Hall–Kier alpha value is -0.900. The van der Waals surface area contributed by atoms with E-state index >= 15 is 0 Å². The fourth-order valence-electron chi connectivity index (χ4n) is 2.19. The lowest BCUT2D eigenvalue weighted by Gasteiger charge is -2.25. The fraction of sp³-hybridized carbons (Fsp3) is 0.462. The number of halogens is 2. The first-order valence-electron chi connectivity index (χ1n) is 5.61. The van der Waals surface area contributed by atoms with Gasteiger partial charge in [-0.3, -0.25) is 4.79 Å². The van der Waals surface area contributed by atoms with Gasteiger partial charge in [-0.1, -0.05) is 15.9 Å². The number of carboxylic acids is 1. The van der Waals surface area contributed by atoms with Crippen molar-refractivity contribution in [1.29, 1.82) is 0 Å². The van der Waals surface area contributed by atoms with Gasteiger partial charge in [-0.25, -0.2) is 4.39 Å². The smallest absolute Gasteiger partial charge is 0.309 e.